The van der Waals surface area contributed by atoms with E-state index >= 15 is 0 Å². The number of nitrogens with zero attached hydrogens (tertiary/aromatic N) is 2. The van der Waals surface area contributed by atoms with Gasteiger partial charge in [0.25, 0.3) is 5.91 Å². The van der Waals surface area contributed by atoms with Gasteiger partial charge in [0, 0.05) is 11.3 Å². The van der Waals surface area contributed by atoms with Gasteiger partial charge in [-0.25, -0.2) is 9.97 Å². The summed E-state index contributed by atoms with van der Waals surface area (Å²) in [5.41, 5.74) is 7.51. The quantitative estimate of drug-likeness (QED) is 0.659. The minimum absolute atomic E-state index is 0.0794. The number of nitrogen functional groups attached to an aromatic ring is 1. The van der Waals surface area contributed by atoms with Crippen LogP contribution in [0, 0.1) is 6.92 Å². The molecule has 1 amide bonds. The van der Waals surface area contributed by atoms with Gasteiger partial charge >= 0.3 is 0 Å². The highest BCUT2D eigenvalue weighted by molar-refractivity contribution is 6.43. The molecule has 1 aromatic carbocycles. The van der Waals surface area contributed by atoms with Crippen molar-refractivity contribution in [2.75, 3.05) is 11.1 Å². The van der Waals surface area contributed by atoms with E-state index < -0.39 is 0 Å². The number of aromatic nitrogens is 2. The Hall–Kier alpha value is -1.85. The predicted molar refractivity (Wildman–Crippen MR) is 75.6 cm³/mol. The molecule has 19 heavy (non-hydrogen) atoms. The lowest BCUT2D eigenvalue weighted by Gasteiger charge is -2.07. The van der Waals surface area contributed by atoms with Crippen molar-refractivity contribution in [3.05, 3.63) is 45.8 Å². The number of carbonyl (C=O) groups is 1. The number of carbonyl (C=O) groups excluding carboxylic acids is 1. The number of halogens is 2. The first kappa shape index (κ1) is 13.6. The van der Waals surface area contributed by atoms with Crippen LogP contribution in [0.15, 0.2) is 24.5 Å². The van der Waals surface area contributed by atoms with E-state index in [1.807, 2.05) is 6.92 Å². The summed E-state index contributed by atoms with van der Waals surface area (Å²) in [6.45, 7) is 1.85. The summed E-state index contributed by atoms with van der Waals surface area (Å²) in [5.74, 6) is -0.209. The Morgan fingerprint density at radius 1 is 1.26 bits per heavy atom. The van der Waals surface area contributed by atoms with Crippen molar-refractivity contribution >= 4 is 40.6 Å². The van der Waals surface area contributed by atoms with E-state index in [-0.39, 0.29) is 21.9 Å². The molecule has 0 aliphatic carbocycles. The van der Waals surface area contributed by atoms with Crippen molar-refractivity contribution in [3.8, 4) is 0 Å². The average molecular weight is 297 g/mol. The first-order valence-electron chi connectivity index (χ1n) is 5.32. The Kier molecular flexibility index (Phi) is 3.87. The van der Waals surface area contributed by atoms with Crippen LogP contribution >= 0.6 is 23.2 Å². The van der Waals surface area contributed by atoms with Crippen LogP contribution in [0.5, 0.6) is 0 Å². The summed E-state index contributed by atoms with van der Waals surface area (Å²) in [6, 6.07) is 5.05. The van der Waals surface area contributed by atoms with Crippen LogP contribution < -0.4 is 11.1 Å². The molecule has 0 radical (unpaired) electrons. The number of aryl methyl sites for hydroxylation is 1. The van der Waals surface area contributed by atoms with Gasteiger partial charge in [0.2, 0.25) is 0 Å². The van der Waals surface area contributed by atoms with Gasteiger partial charge in [-0.1, -0.05) is 23.2 Å². The van der Waals surface area contributed by atoms with Crippen LogP contribution in [-0.2, 0) is 0 Å². The number of nitrogens with one attached hydrogen (secondary N) is 1. The fraction of sp³-hybridized carbons (Fsp3) is 0.0833. The fourth-order valence-electron chi connectivity index (χ4n) is 1.56. The summed E-state index contributed by atoms with van der Waals surface area (Å²) in [6.07, 6.45) is 1.22. The number of nitrogens with two attached hydrogens (primary N) is 1. The molecule has 0 saturated carbocycles. The lowest BCUT2D eigenvalue weighted by atomic mass is 10.1. The maximum atomic E-state index is 12.1. The summed E-state index contributed by atoms with van der Waals surface area (Å²) >= 11 is 11.6. The maximum absolute atomic E-state index is 12.1. The van der Waals surface area contributed by atoms with Crippen molar-refractivity contribution in [1.29, 1.82) is 0 Å². The Labute approximate surface area is 119 Å². The van der Waals surface area contributed by atoms with Crippen molar-refractivity contribution in [1.82, 2.24) is 9.97 Å². The average Bonchev–Trinajstić information content (AvgIpc) is 2.33. The van der Waals surface area contributed by atoms with Crippen molar-refractivity contribution < 1.29 is 4.79 Å². The standard InChI is InChI=1S/C12H10Cl2N4O/c1-6-2-7(4-8(15)3-6)12(19)18-11-9(13)10(14)16-5-17-11/h2-5H,15H2,1H3,(H,16,17,18,19). The first-order valence-corrected chi connectivity index (χ1v) is 6.07. The number of rotatable bonds is 2. The molecule has 0 aliphatic heterocycles. The molecule has 0 aliphatic rings. The van der Waals surface area contributed by atoms with Gasteiger partial charge in [-0.2, -0.15) is 0 Å². The lowest BCUT2D eigenvalue weighted by Crippen LogP contribution is -2.14. The van der Waals surface area contributed by atoms with Gasteiger partial charge in [0.15, 0.2) is 11.0 Å². The van der Waals surface area contributed by atoms with Crippen LogP contribution in [-0.4, -0.2) is 15.9 Å². The molecular formula is C12H10Cl2N4O. The molecule has 0 unspecified atom stereocenters. The normalized spacial score (nSPS) is 10.3. The molecule has 1 heterocycles. The van der Waals surface area contributed by atoms with E-state index in [0.29, 0.717) is 11.3 Å². The zero-order chi connectivity index (χ0) is 14.0. The molecular weight excluding hydrogens is 287 g/mol. The molecule has 0 bridgehead atoms. The van der Waals surface area contributed by atoms with Gasteiger partial charge in [-0.15, -0.1) is 0 Å². The molecule has 1 aromatic heterocycles. The maximum Gasteiger partial charge on any atom is 0.256 e. The SMILES string of the molecule is Cc1cc(N)cc(C(=O)Nc2ncnc(Cl)c2Cl)c1. The largest absolute Gasteiger partial charge is 0.399 e. The highest BCUT2D eigenvalue weighted by Crippen LogP contribution is 2.25. The lowest BCUT2D eigenvalue weighted by molar-refractivity contribution is 0.102. The second kappa shape index (κ2) is 5.42. The van der Waals surface area contributed by atoms with Crippen LogP contribution in [0.3, 0.4) is 0 Å². The highest BCUT2D eigenvalue weighted by atomic mass is 35.5. The summed E-state index contributed by atoms with van der Waals surface area (Å²) in [5, 5.41) is 2.73. The van der Waals surface area contributed by atoms with E-state index in [0.717, 1.165) is 5.56 Å². The Bertz CT molecular complexity index is 625. The number of amides is 1. The molecule has 98 valence electrons. The van der Waals surface area contributed by atoms with Crippen LogP contribution in [0.4, 0.5) is 11.5 Å². The zero-order valence-electron chi connectivity index (χ0n) is 9.95. The minimum atomic E-state index is -0.368. The summed E-state index contributed by atoms with van der Waals surface area (Å²) in [7, 11) is 0. The molecule has 0 atom stereocenters. The van der Waals surface area contributed by atoms with Gasteiger partial charge in [-0.05, 0) is 30.7 Å². The third-order valence-corrected chi connectivity index (χ3v) is 3.08. The monoisotopic (exact) mass is 296 g/mol. The van der Waals surface area contributed by atoms with E-state index in [9.17, 15) is 4.79 Å². The number of anilines is 2. The Morgan fingerprint density at radius 2 is 2.00 bits per heavy atom. The molecule has 7 heteroatoms. The van der Waals surface area contributed by atoms with E-state index in [1.54, 1.807) is 18.2 Å². The third-order valence-electron chi connectivity index (χ3n) is 2.34. The van der Waals surface area contributed by atoms with Gasteiger partial charge in [0.1, 0.15) is 11.3 Å². The van der Waals surface area contributed by atoms with Crippen LogP contribution in [0.25, 0.3) is 0 Å². The van der Waals surface area contributed by atoms with Crippen molar-refractivity contribution in [2.45, 2.75) is 6.92 Å². The van der Waals surface area contributed by atoms with Crippen molar-refractivity contribution in [3.63, 3.8) is 0 Å². The van der Waals surface area contributed by atoms with Gasteiger partial charge < -0.3 is 11.1 Å². The second-order valence-electron chi connectivity index (χ2n) is 3.91. The smallest absolute Gasteiger partial charge is 0.256 e. The number of hydrogen-bond acceptors (Lipinski definition) is 4. The van der Waals surface area contributed by atoms with E-state index in [4.69, 9.17) is 28.9 Å². The van der Waals surface area contributed by atoms with E-state index in [2.05, 4.69) is 15.3 Å². The zero-order valence-corrected chi connectivity index (χ0v) is 11.5. The van der Waals surface area contributed by atoms with Crippen LogP contribution in [0.1, 0.15) is 15.9 Å². The predicted octanol–water partition coefficient (Wildman–Crippen LogP) is 2.93. The van der Waals surface area contributed by atoms with E-state index in [1.165, 1.54) is 6.33 Å². The molecule has 3 N–H and O–H groups in total. The van der Waals surface area contributed by atoms with Gasteiger partial charge in [-0.3, -0.25) is 4.79 Å². The molecule has 2 rings (SSSR count). The van der Waals surface area contributed by atoms with Gasteiger partial charge in [0.05, 0.1) is 0 Å². The minimum Gasteiger partial charge on any atom is -0.399 e. The molecule has 0 saturated heterocycles. The second-order valence-corrected chi connectivity index (χ2v) is 4.65. The fourth-order valence-corrected chi connectivity index (χ4v) is 1.84. The summed E-state index contributed by atoms with van der Waals surface area (Å²) < 4.78 is 0. The Morgan fingerprint density at radius 3 is 2.68 bits per heavy atom. The topological polar surface area (TPSA) is 80.9 Å². The summed E-state index contributed by atoms with van der Waals surface area (Å²) in [4.78, 5) is 19.6. The van der Waals surface area contributed by atoms with Crippen molar-refractivity contribution in [2.24, 2.45) is 0 Å². The number of hydrogen-bond donors (Lipinski definition) is 2. The number of benzene rings is 1. The first-order chi connectivity index (χ1) is 8.97. The molecule has 0 spiro atoms. The van der Waals surface area contributed by atoms with Crippen LogP contribution in [0.2, 0.25) is 10.2 Å². The highest BCUT2D eigenvalue weighted by Gasteiger charge is 2.12. The molecule has 0 fully saturated rings. The Balaban J connectivity index is 2.28. The molecule has 2 aromatic rings. The molecule has 5 nitrogen and oxygen atoms in total. The third kappa shape index (κ3) is 3.13.